The van der Waals surface area contributed by atoms with Crippen molar-refractivity contribution in [2.45, 2.75) is 51.4 Å². The SMILES string of the molecule is COc1nc(C(C)(C)C)nc(C)c1C1(C(=O)O)CC1. The zero-order valence-electron chi connectivity index (χ0n) is 12.1. The molecule has 5 nitrogen and oxygen atoms in total. The highest BCUT2D eigenvalue weighted by molar-refractivity contribution is 5.86. The molecule has 104 valence electrons. The van der Waals surface area contributed by atoms with Crippen LogP contribution in [0.25, 0.3) is 0 Å². The second kappa shape index (κ2) is 4.18. The standard InChI is InChI=1S/C14H20N2O3/c1-8-9(14(6-7-14)12(17)18)10(19-5)16-11(15-8)13(2,3)4/h6-7H2,1-5H3,(H,17,18). The van der Waals surface area contributed by atoms with E-state index >= 15 is 0 Å². The molecule has 1 heterocycles. The molecule has 1 aromatic heterocycles. The molecule has 1 N–H and O–H groups in total. The molecule has 1 aromatic rings. The minimum Gasteiger partial charge on any atom is -0.481 e. The molecule has 0 radical (unpaired) electrons. The summed E-state index contributed by atoms with van der Waals surface area (Å²) >= 11 is 0. The molecule has 0 atom stereocenters. The van der Waals surface area contributed by atoms with Crippen LogP contribution in [0, 0.1) is 6.92 Å². The van der Waals surface area contributed by atoms with Gasteiger partial charge in [0.15, 0.2) is 0 Å². The van der Waals surface area contributed by atoms with Crippen molar-refractivity contribution in [1.29, 1.82) is 0 Å². The van der Waals surface area contributed by atoms with E-state index in [1.54, 1.807) is 0 Å². The van der Waals surface area contributed by atoms with Crippen LogP contribution in [0.15, 0.2) is 0 Å². The Morgan fingerprint density at radius 1 is 1.32 bits per heavy atom. The first-order valence-corrected chi connectivity index (χ1v) is 6.39. The molecule has 0 saturated heterocycles. The fourth-order valence-corrected chi connectivity index (χ4v) is 2.28. The highest BCUT2D eigenvalue weighted by atomic mass is 16.5. The monoisotopic (exact) mass is 264 g/mol. The summed E-state index contributed by atoms with van der Waals surface area (Å²) in [6.45, 7) is 7.89. The summed E-state index contributed by atoms with van der Waals surface area (Å²) in [6, 6.07) is 0. The second-order valence-electron chi connectivity index (χ2n) is 6.15. The molecule has 2 rings (SSSR count). The molecule has 0 aromatic carbocycles. The Morgan fingerprint density at radius 3 is 2.26 bits per heavy atom. The molecule has 1 saturated carbocycles. The minimum absolute atomic E-state index is 0.198. The number of methoxy groups -OCH3 is 1. The zero-order valence-corrected chi connectivity index (χ0v) is 12.1. The Kier molecular flexibility index (Phi) is 3.03. The third-order valence-corrected chi connectivity index (χ3v) is 3.56. The van der Waals surface area contributed by atoms with Gasteiger partial charge in [0.25, 0.3) is 0 Å². The third-order valence-electron chi connectivity index (χ3n) is 3.56. The first kappa shape index (κ1) is 13.8. The molecule has 0 spiro atoms. The Morgan fingerprint density at radius 2 is 1.89 bits per heavy atom. The van der Waals surface area contributed by atoms with Gasteiger partial charge in [0.05, 0.1) is 18.1 Å². The van der Waals surface area contributed by atoms with Gasteiger partial charge in [0.1, 0.15) is 5.82 Å². The molecule has 1 aliphatic rings. The number of aromatic nitrogens is 2. The first-order chi connectivity index (χ1) is 8.72. The molecule has 0 amide bonds. The van der Waals surface area contributed by atoms with E-state index in [0.29, 0.717) is 35.8 Å². The number of nitrogens with zero attached hydrogens (tertiary/aromatic N) is 2. The van der Waals surface area contributed by atoms with Gasteiger partial charge in [0.2, 0.25) is 5.88 Å². The quantitative estimate of drug-likeness (QED) is 0.906. The zero-order chi connectivity index (χ0) is 14.4. The van der Waals surface area contributed by atoms with Crippen molar-refractivity contribution < 1.29 is 14.6 Å². The van der Waals surface area contributed by atoms with Crippen molar-refractivity contribution in [3.63, 3.8) is 0 Å². The van der Waals surface area contributed by atoms with Gasteiger partial charge in [-0.15, -0.1) is 0 Å². The maximum atomic E-state index is 11.5. The first-order valence-electron chi connectivity index (χ1n) is 6.39. The fourth-order valence-electron chi connectivity index (χ4n) is 2.28. The summed E-state index contributed by atoms with van der Waals surface area (Å²) in [7, 11) is 1.52. The van der Waals surface area contributed by atoms with Crippen molar-refractivity contribution in [3.05, 3.63) is 17.1 Å². The van der Waals surface area contributed by atoms with Crippen LogP contribution < -0.4 is 4.74 Å². The topological polar surface area (TPSA) is 72.3 Å². The Bertz CT molecular complexity index is 528. The van der Waals surface area contributed by atoms with Gasteiger partial charge in [-0.25, -0.2) is 4.98 Å². The van der Waals surface area contributed by atoms with Crippen LogP contribution in [-0.2, 0) is 15.6 Å². The normalized spacial score (nSPS) is 17.1. The number of hydrogen-bond donors (Lipinski definition) is 1. The van der Waals surface area contributed by atoms with E-state index in [1.807, 2.05) is 27.7 Å². The molecule has 0 aliphatic heterocycles. The lowest BCUT2D eigenvalue weighted by molar-refractivity contribution is -0.140. The smallest absolute Gasteiger partial charge is 0.314 e. The molecular weight excluding hydrogens is 244 g/mol. The maximum Gasteiger partial charge on any atom is 0.314 e. The van der Waals surface area contributed by atoms with Crippen molar-refractivity contribution >= 4 is 5.97 Å². The van der Waals surface area contributed by atoms with Crippen LogP contribution >= 0.6 is 0 Å². The van der Waals surface area contributed by atoms with Crippen molar-refractivity contribution in [2.24, 2.45) is 0 Å². The largest absolute Gasteiger partial charge is 0.481 e. The third kappa shape index (κ3) is 2.17. The Labute approximate surface area is 113 Å². The van der Waals surface area contributed by atoms with Crippen LogP contribution in [0.1, 0.15) is 50.7 Å². The van der Waals surface area contributed by atoms with E-state index in [-0.39, 0.29) is 5.41 Å². The van der Waals surface area contributed by atoms with Crippen LogP contribution in [-0.4, -0.2) is 28.2 Å². The van der Waals surface area contributed by atoms with Gasteiger partial charge < -0.3 is 9.84 Å². The van der Waals surface area contributed by atoms with Gasteiger partial charge in [-0.05, 0) is 19.8 Å². The van der Waals surface area contributed by atoms with Crippen LogP contribution in [0.2, 0.25) is 0 Å². The van der Waals surface area contributed by atoms with Crippen LogP contribution in [0.4, 0.5) is 0 Å². The number of carboxylic acid groups (broad SMARTS) is 1. The van der Waals surface area contributed by atoms with E-state index in [4.69, 9.17) is 4.74 Å². The molecule has 5 heteroatoms. The molecule has 1 fully saturated rings. The fraction of sp³-hybridized carbons (Fsp3) is 0.643. The lowest BCUT2D eigenvalue weighted by atomic mass is 9.92. The number of aliphatic carboxylic acids is 1. The van der Waals surface area contributed by atoms with E-state index in [0.717, 1.165) is 0 Å². The summed E-state index contributed by atoms with van der Waals surface area (Å²) in [6.07, 6.45) is 1.25. The summed E-state index contributed by atoms with van der Waals surface area (Å²) in [5, 5.41) is 9.42. The summed E-state index contributed by atoms with van der Waals surface area (Å²) in [4.78, 5) is 20.4. The van der Waals surface area contributed by atoms with Crippen molar-refractivity contribution in [2.75, 3.05) is 7.11 Å². The van der Waals surface area contributed by atoms with Gasteiger partial charge in [-0.2, -0.15) is 4.98 Å². The predicted molar refractivity (Wildman–Crippen MR) is 70.6 cm³/mol. The maximum absolute atomic E-state index is 11.5. The molecular formula is C14H20N2O3. The summed E-state index contributed by atoms with van der Waals surface area (Å²) in [5.41, 5.74) is 0.301. The van der Waals surface area contributed by atoms with E-state index in [9.17, 15) is 9.90 Å². The van der Waals surface area contributed by atoms with Gasteiger partial charge >= 0.3 is 5.97 Å². The number of hydrogen-bond acceptors (Lipinski definition) is 4. The number of carboxylic acids is 1. The molecule has 0 bridgehead atoms. The van der Waals surface area contributed by atoms with E-state index in [2.05, 4.69) is 9.97 Å². The molecule has 1 aliphatic carbocycles. The highest BCUT2D eigenvalue weighted by Gasteiger charge is 2.55. The average Bonchev–Trinajstić information content (AvgIpc) is 3.07. The highest BCUT2D eigenvalue weighted by Crippen LogP contribution is 2.52. The number of ether oxygens (including phenoxy) is 1. The summed E-state index contributed by atoms with van der Waals surface area (Å²) < 4.78 is 5.32. The van der Waals surface area contributed by atoms with Gasteiger partial charge in [0, 0.05) is 11.1 Å². The Balaban J connectivity index is 2.61. The number of aryl methyl sites for hydroxylation is 1. The van der Waals surface area contributed by atoms with Gasteiger partial charge in [-0.3, -0.25) is 4.79 Å². The number of rotatable bonds is 3. The van der Waals surface area contributed by atoms with E-state index < -0.39 is 11.4 Å². The summed E-state index contributed by atoms with van der Waals surface area (Å²) in [5.74, 6) is 0.255. The lowest BCUT2D eigenvalue weighted by Crippen LogP contribution is -2.25. The molecule has 19 heavy (non-hydrogen) atoms. The second-order valence-corrected chi connectivity index (χ2v) is 6.15. The van der Waals surface area contributed by atoms with Crippen LogP contribution in [0.3, 0.4) is 0 Å². The van der Waals surface area contributed by atoms with Crippen molar-refractivity contribution in [3.8, 4) is 5.88 Å². The van der Waals surface area contributed by atoms with Crippen LogP contribution in [0.5, 0.6) is 5.88 Å². The lowest BCUT2D eigenvalue weighted by Gasteiger charge is -2.22. The van der Waals surface area contributed by atoms with Crippen molar-refractivity contribution in [1.82, 2.24) is 9.97 Å². The van der Waals surface area contributed by atoms with Gasteiger partial charge in [-0.1, -0.05) is 20.8 Å². The minimum atomic E-state index is -0.841. The average molecular weight is 264 g/mol. The predicted octanol–water partition coefficient (Wildman–Crippen LogP) is 2.21. The molecule has 0 unspecified atom stereocenters. The van der Waals surface area contributed by atoms with E-state index in [1.165, 1.54) is 7.11 Å². The Hall–Kier alpha value is -1.65. The number of carbonyl (C=O) groups is 1.